The molecule has 0 aliphatic heterocycles. The van der Waals surface area contributed by atoms with E-state index in [0.717, 1.165) is 16.6 Å². The number of aromatic nitrogens is 3. The number of halogens is 1. The van der Waals surface area contributed by atoms with E-state index in [4.69, 9.17) is 11.6 Å². The first kappa shape index (κ1) is 18.7. The Labute approximate surface area is 159 Å². The monoisotopic (exact) mass is 371 g/mol. The summed E-state index contributed by atoms with van der Waals surface area (Å²) < 4.78 is 0. The van der Waals surface area contributed by atoms with Crippen molar-refractivity contribution in [2.75, 3.05) is 0 Å². The van der Waals surface area contributed by atoms with Crippen molar-refractivity contribution in [3.05, 3.63) is 46.0 Å². The van der Waals surface area contributed by atoms with Crippen LogP contribution >= 0.6 is 11.6 Å². The van der Waals surface area contributed by atoms with E-state index in [9.17, 15) is 5.11 Å². The molecule has 0 bridgehead atoms. The Morgan fingerprint density at radius 1 is 0.885 bits per heavy atom. The van der Waals surface area contributed by atoms with E-state index < -0.39 is 0 Å². The second-order valence-corrected chi connectivity index (χ2v) is 9.37. The van der Waals surface area contributed by atoms with Crippen molar-refractivity contribution in [2.24, 2.45) is 0 Å². The van der Waals surface area contributed by atoms with Gasteiger partial charge in [0.2, 0.25) is 0 Å². The zero-order valence-corrected chi connectivity index (χ0v) is 17.2. The van der Waals surface area contributed by atoms with E-state index in [2.05, 4.69) is 58.7 Å². The van der Waals surface area contributed by atoms with Crippen LogP contribution in [0, 0.1) is 6.92 Å². The van der Waals surface area contributed by atoms with Crippen molar-refractivity contribution in [2.45, 2.75) is 59.3 Å². The normalized spacial score (nSPS) is 12.8. The van der Waals surface area contributed by atoms with Gasteiger partial charge in [0.05, 0.1) is 0 Å². The van der Waals surface area contributed by atoms with Gasteiger partial charge in [-0.15, -0.1) is 15.0 Å². The quantitative estimate of drug-likeness (QED) is 0.598. The number of benzene rings is 2. The van der Waals surface area contributed by atoms with E-state index in [0.29, 0.717) is 16.2 Å². The molecule has 5 heteroatoms. The first-order valence-corrected chi connectivity index (χ1v) is 9.18. The maximum absolute atomic E-state index is 11.2. The Bertz CT molecular complexity index is 991. The molecule has 0 saturated heterocycles. The summed E-state index contributed by atoms with van der Waals surface area (Å²) in [4.78, 5) is 1.50. The van der Waals surface area contributed by atoms with Gasteiger partial charge in [-0.3, -0.25) is 0 Å². The van der Waals surface area contributed by atoms with E-state index >= 15 is 0 Å². The van der Waals surface area contributed by atoms with Crippen molar-refractivity contribution in [3.8, 4) is 11.4 Å². The minimum Gasteiger partial charge on any atom is -0.505 e. The van der Waals surface area contributed by atoms with Crippen LogP contribution in [-0.2, 0) is 10.8 Å². The molecule has 1 N–H and O–H groups in total. The molecule has 0 atom stereocenters. The largest absolute Gasteiger partial charge is 0.505 e. The van der Waals surface area contributed by atoms with Crippen LogP contribution in [-0.4, -0.2) is 20.1 Å². The zero-order valence-electron chi connectivity index (χ0n) is 16.5. The van der Waals surface area contributed by atoms with Crippen LogP contribution in [0.5, 0.6) is 5.75 Å². The van der Waals surface area contributed by atoms with Crippen LogP contribution in [0.3, 0.4) is 0 Å². The van der Waals surface area contributed by atoms with Gasteiger partial charge < -0.3 is 5.11 Å². The Kier molecular flexibility index (Phi) is 4.31. The fourth-order valence-corrected chi connectivity index (χ4v) is 3.80. The van der Waals surface area contributed by atoms with Crippen LogP contribution < -0.4 is 0 Å². The molecule has 0 amide bonds. The molecule has 1 aromatic heterocycles. The number of phenols is 1. The van der Waals surface area contributed by atoms with Crippen molar-refractivity contribution >= 4 is 22.6 Å². The lowest BCUT2D eigenvalue weighted by atomic mass is 9.72. The van der Waals surface area contributed by atoms with Crippen LogP contribution in [0.15, 0.2) is 24.3 Å². The van der Waals surface area contributed by atoms with E-state index in [-0.39, 0.29) is 16.6 Å². The SMILES string of the molecule is Cc1cc(-n2nc3ccc(Cl)cc3n2)c(O)c(C(C)(C)C)c1C(C)(C)C. The third-order valence-corrected chi connectivity index (χ3v) is 4.77. The molecule has 0 aliphatic carbocycles. The third kappa shape index (κ3) is 3.18. The molecule has 138 valence electrons. The topological polar surface area (TPSA) is 50.9 Å². The summed E-state index contributed by atoms with van der Waals surface area (Å²) in [7, 11) is 0. The van der Waals surface area contributed by atoms with Crippen LogP contribution in [0.1, 0.15) is 58.2 Å². The Morgan fingerprint density at radius 2 is 1.46 bits per heavy atom. The Balaban J connectivity index is 2.33. The smallest absolute Gasteiger partial charge is 0.147 e. The van der Waals surface area contributed by atoms with E-state index in [1.165, 1.54) is 10.4 Å². The highest BCUT2D eigenvalue weighted by molar-refractivity contribution is 6.31. The predicted molar refractivity (Wildman–Crippen MR) is 108 cm³/mol. The summed E-state index contributed by atoms with van der Waals surface area (Å²) in [5.41, 5.74) is 4.96. The van der Waals surface area contributed by atoms with Crippen molar-refractivity contribution in [1.29, 1.82) is 0 Å². The number of fused-ring (bicyclic) bond motifs is 1. The highest BCUT2D eigenvalue weighted by atomic mass is 35.5. The number of aryl methyl sites for hydroxylation is 1. The number of aromatic hydroxyl groups is 1. The van der Waals surface area contributed by atoms with Gasteiger partial charge in [0.15, 0.2) is 0 Å². The maximum atomic E-state index is 11.2. The minimum atomic E-state index is -0.219. The van der Waals surface area contributed by atoms with Crippen LogP contribution in [0.2, 0.25) is 5.02 Å². The molecule has 3 aromatic rings. The van der Waals surface area contributed by atoms with Crippen molar-refractivity contribution in [1.82, 2.24) is 15.0 Å². The lowest BCUT2D eigenvalue weighted by Gasteiger charge is -2.33. The lowest BCUT2D eigenvalue weighted by molar-refractivity contribution is 0.429. The van der Waals surface area contributed by atoms with Gasteiger partial charge in [0, 0.05) is 10.6 Å². The van der Waals surface area contributed by atoms with Gasteiger partial charge in [-0.2, -0.15) is 0 Å². The molecule has 26 heavy (non-hydrogen) atoms. The summed E-state index contributed by atoms with van der Waals surface area (Å²) in [6, 6.07) is 7.36. The van der Waals surface area contributed by atoms with Gasteiger partial charge >= 0.3 is 0 Å². The lowest BCUT2D eigenvalue weighted by Crippen LogP contribution is -2.24. The third-order valence-electron chi connectivity index (χ3n) is 4.53. The molecule has 0 saturated carbocycles. The van der Waals surface area contributed by atoms with E-state index in [1.54, 1.807) is 12.1 Å². The molecular formula is C21H26ClN3O. The van der Waals surface area contributed by atoms with Crippen molar-refractivity contribution in [3.63, 3.8) is 0 Å². The molecule has 3 rings (SSSR count). The van der Waals surface area contributed by atoms with E-state index in [1.807, 2.05) is 12.1 Å². The number of rotatable bonds is 1. The zero-order chi connectivity index (χ0) is 19.4. The number of phenolic OH excluding ortho intramolecular Hbond substituents is 1. The molecule has 0 spiro atoms. The maximum Gasteiger partial charge on any atom is 0.147 e. The Morgan fingerprint density at radius 3 is 2.04 bits per heavy atom. The van der Waals surface area contributed by atoms with Crippen LogP contribution in [0.25, 0.3) is 16.7 Å². The molecule has 0 aliphatic rings. The van der Waals surface area contributed by atoms with Gasteiger partial charge in [-0.25, -0.2) is 0 Å². The van der Waals surface area contributed by atoms with Crippen molar-refractivity contribution < 1.29 is 5.11 Å². The van der Waals surface area contributed by atoms with Crippen LogP contribution in [0.4, 0.5) is 0 Å². The van der Waals surface area contributed by atoms with Gasteiger partial charge in [0.25, 0.3) is 0 Å². The summed E-state index contributed by atoms with van der Waals surface area (Å²) >= 11 is 6.06. The molecule has 4 nitrogen and oxygen atoms in total. The second-order valence-electron chi connectivity index (χ2n) is 8.93. The summed E-state index contributed by atoms with van der Waals surface area (Å²) in [5.74, 6) is 0.236. The molecule has 0 fully saturated rings. The summed E-state index contributed by atoms with van der Waals surface area (Å²) in [5, 5.41) is 20.9. The molecular weight excluding hydrogens is 346 g/mol. The standard InChI is InChI=1S/C21H26ClN3O/c1-12-10-16(25-23-14-9-8-13(22)11-15(14)24-25)19(26)18(21(5,6)7)17(12)20(2,3)4/h8-11,26H,1-7H3. The number of nitrogens with zero attached hydrogens (tertiary/aromatic N) is 3. The summed E-state index contributed by atoms with van der Waals surface area (Å²) in [6.07, 6.45) is 0. The minimum absolute atomic E-state index is 0.0848. The second kappa shape index (κ2) is 5.98. The number of hydrogen-bond acceptors (Lipinski definition) is 3. The Hall–Kier alpha value is -2.07. The molecule has 2 aromatic carbocycles. The fourth-order valence-electron chi connectivity index (χ4n) is 3.63. The highest BCUT2D eigenvalue weighted by Crippen LogP contribution is 2.44. The highest BCUT2D eigenvalue weighted by Gasteiger charge is 2.32. The average molecular weight is 372 g/mol. The van der Waals surface area contributed by atoms with Gasteiger partial charge in [-0.1, -0.05) is 53.1 Å². The fraction of sp³-hybridized carbons (Fsp3) is 0.429. The van der Waals surface area contributed by atoms with Gasteiger partial charge in [0.1, 0.15) is 22.5 Å². The molecule has 0 unspecified atom stereocenters. The first-order valence-electron chi connectivity index (χ1n) is 8.80. The number of hydrogen-bond donors (Lipinski definition) is 1. The predicted octanol–water partition coefficient (Wildman–Crippen LogP) is 5.68. The first-order chi connectivity index (χ1) is 11.9. The van der Waals surface area contributed by atoms with Gasteiger partial charge in [-0.05, 0) is 53.1 Å². The molecule has 0 radical (unpaired) electrons. The molecule has 1 heterocycles. The average Bonchev–Trinajstić information content (AvgIpc) is 2.89. The summed E-state index contributed by atoms with van der Waals surface area (Å²) in [6.45, 7) is 15.0.